The van der Waals surface area contributed by atoms with E-state index < -0.39 is 5.97 Å². The molecule has 0 atom stereocenters. The average molecular weight is 263 g/mol. The van der Waals surface area contributed by atoms with Crippen LogP contribution in [-0.2, 0) is 11.8 Å². The lowest BCUT2D eigenvalue weighted by atomic mass is 10.2. The van der Waals surface area contributed by atoms with E-state index in [1.54, 1.807) is 10.8 Å². The number of carboxylic acids is 1. The van der Waals surface area contributed by atoms with Crippen molar-refractivity contribution >= 4 is 17.9 Å². The van der Waals surface area contributed by atoms with Crippen molar-refractivity contribution in [3.05, 3.63) is 30.0 Å². The van der Waals surface area contributed by atoms with Crippen LogP contribution >= 0.6 is 0 Å². The molecule has 1 aromatic heterocycles. The Morgan fingerprint density at radius 3 is 2.79 bits per heavy atom. The second-order valence-corrected chi connectivity index (χ2v) is 4.35. The Balaban J connectivity index is 3.22. The highest BCUT2D eigenvalue weighted by Gasteiger charge is 2.16. The third-order valence-corrected chi connectivity index (χ3v) is 2.77. The SMILES string of the molecule is C=CCN(CCC)c1c(/C=C/C(=O)O)c(C)nn1C. The van der Waals surface area contributed by atoms with Crippen LogP contribution in [0.15, 0.2) is 18.7 Å². The number of carboxylic acid groups (broad SMARTS) is 1. The fourth-order valence-corrected chi connectivity index (χ4v) is 2.10. The number of aromatic nitrogens is 2. The first kappa shape index (κ1) is 15.0. The van der Waals surface area contributed by atoms with Crippen molar-refractivity contribution in [2.75, 3.05) is 18.0 Å². The molecule has 0 amide bonds. The minimum atomic E-state index is -0.958. The Morgan fingerprint density at radius 2 is 2.26 bits per heavy atom. The van der Waals surface area contributed by atoms with Gasteiger partial charge >= 0.3 is 5.97 Å². The summed E-state index contributed by atoms with van der Waals surface area (Å²) in [5.74, 6) is -0.0308. The molecule has 1 rings (SSSR count). The van der Waals surface area contributed by atoms with Crippen molar-refractivity contribution in [1.29, 1.82) is 0 Å². The zero-order chi connectivity index (χ0) is 14.4. The van der Waals surface area contributed by atoms with Gasteiger partial charge < -0.3 is 10.0 Å². The summed E-state index contributed by atoms with van der Waals surface area (Å²) in [5.41, 5.74) is 1.67. The van der Waals surface area contributed by atoms with Crippen molar-refractivity contribution in [2.24, 2.45) is 7.05 Å². The Bertz CT molecular complexity index is 489. The number of hydrogen-bond acceptors (Lipinski definition) is 3. The van der Waals surface area contributed by atoms with Gasteiger partial charge in [-0.05, 0) is 19.4 Å². The van der Waals surface area contributed by atoms with E-state index in [0.717, 1.165) is 36.1 Å². The third-order valence-electron chi connectivity index (χ3n) is 2.77. The van der Waals surface area contributed by atoms with Gasteiger partial charge in [0.25, 0.3) is 0 Å². The molecule has 0 saturated carbocycles. The summed E-state index contributed by atoms with van der Waals surface area (Å²) >= 11 is 0. The Kier molecular flexibility index (Phi) is 5.36. The third kappa shape index (κ3) is 3.71. The van der Waals surface area contributed by atoms with Crippen LogP contribution in [0.4, 0.5) is 5.82 Å². The molecule has 0 bridgehead atoms. The highest BCUT2D eigenvalue weighted by Crippen LogP contribution is 2.24. The molecule has 1 heterocycles. The molecule has 104 valence electrons. The van der Waals surface area contributed by atoms with E-state index in [1.807, 2.05) is 20.0 Å². The van der Waals surface area contributed by atoms with Crippen molar-refractivity contribution in [3.63, 3.8) is 0 Å². The molecule has 0 fully saturated rings. The zero-order valence-corrected chi connectivity index (χ0v) is 11.8. The highest BCUT2D eigenvalue weighted by atomic mass is 16.4. The fourth-order valence-electron chi connectivity index (χ4n) is 2.10. The molecule has 1 N–H and O–H groups in total. The summed E-state index contributed by atoms with van der Waals surface area (Å²) in [6.45, 7) is 9.33. The highest BCUT2D eigenvalue weighted by molar-refractivity contribution is 5.87. The molecule has 0 radical (unpaired) electrons. The maximum Gasteiger partial charge on any atom is 0.328 e. The fraction of sp³-hybridized carbons (Fsp3) is 0.429. The summed E-state index contributed by atoms with van der Waals surface area (Å²) < 4.78 is 1.79. The molecular weight excluding hydrogens is 242 g/mol. The molecule has 0 unspecified atom stereocenters. The molecule has 0 saturated heterocycles. The van der Waals surface area contributed by atoms with Gasteiger partial charge in [-0.1, -0.05) is 13.0 Å². The first-order chi connectivity index (χ1) is 9.01. The van der Waals surface area contributed by atoms with Crippen molar-refractivity contribution in [1.82, 2.24) is 9.78 Å². The van der Waals surface area contributed by atoms with E-state index >= 15 is 0 Å². The second kappa shape index (κ2) is 6.78. The first-order valence-corrected chi connectivity index (χ1v) is 6.31. The van der Waals surface area contributed by atoms with Crippen molar-refractivity contribution in [2.45, 2.75) is 20.3 Å². The molecule has 1 aromatic rings. The number of nitrogens with zero attached hydrogens (tertiary/aromatic N) is 3. The average Bonchev–Trinajstić information content (AvgIpc) is 2.61. The van der Waals surface area contributed by atoms with Gasteiger partial charge in [0.2, 0.25) is 0 Å². The molecule has 0 spiro atoms. The minimum Gasteiger partial charge on any atom is -0.478 e. The number of aliphatic carboxylic acids is 1. The van der Waals surface area contributed by atoms with Gasteiger partial charge in [-0.2, -0.15) is 5.10 Å². The lowest BCUT2D eigenvalue weighted by molar-refractivity contribution is -0.131. The van der Waals surface area contributed by atoms with Gasteiger partial charge in [-0.3, -0.25) is 4.68 Å². The van der Waals surface area contributed by atoms with Crippen LogP contribution in [0.1, 0.15) is 24.6 Å². The number of anilines is 1. The lowest BCUT2D eigenvalue weighted by Gasteiger charge is -2.23. The van der Waals surface area contributed by atoms with Crippen LogP contribution in [0.5, 0.6) is 0 Å². The summed E-state index contributed by atoms with van der Waals surface area (Å²) in [7, 11) is 1.87. The van der Waals surface area contributed by atoms with Gasteiger partial charge in [0, 0.05) is 31.8 Å². The van der Waals surface area contributed by atoms with Gasteiger partial charge in [0.1, 0.15) is 5.82 Å². The Morgan fingerprint density at radius 1 is 1.58 bits per heavy atom. The van der Waals surface area contributed by atoms with Crippen LogP contribution in [0.2, 0.25) is 0 Å². The summed E-state index contributed by atoms with van der Waals surface area (Å²) in [5, 5.41) is 13.1. The van der Waals surface area contributed by atoms with Crippen molar-refractivity contribution in [3.8, 4) is 0 Å². The smallest absolute Gasteiger partial charge is 0.328 e. The van der Waals surface area contributed by atoms with Crippen LogP contribution in [0.25, 0.3) is 6.08 Å². The molecule has 0 aliphatic heterocycles. The minimum absolute atomic E-state index is 0.709. The molecule has 19 heavy (non-hydrogen) atoms. The molecule has 0 aromatic carbocycles. The van der Waals surface area contributed by atoms with E-state index in [0.29, 0.717) is 6.54 Å². The summed E-state index contributed by atoms with van der Waals surface area (Å²) in [6, 6.07) is 0. The molecule has 0 aliphatic carbocycles. The zero-order valence-electron chi connectivity index (χ0n) is 11.8. The standard InChI is InChI=1S/C14H21N3O2/c1-5-9-17(10-6-2)14-12(7-8-13(18)19)11(3)15-16(14)4/h5,7-8H,1,6,9-10H2,2-4H3,(H,18,19)/b8-7+. The number of carbonyl (C=O) groups is 1. The summed E-state index contributed by atoms with van der Waals surface area (Å²) in [6.07, 6.45) is 5.58. The number of rotatable bonds is 7. The molecular formula is C14H21N3O2. The van der Waals surface area contributed by atoms with Crippen LogP contribution < -0.4 is 4.90 Å². The normalized spacial score (nSPS) is 10.9. The van der Waals surface area contributed by atoms with Crippen molar-refractivity contribution < 1.29 is 9.90 Å². The van der Waals surface area contributed by atoms with Gasteiger partial charge in [0.05, 0.1) is 5.69 Å². The lowest BCUT2D eigenvalue weighted by Crippen LogP contribution is -2.26. The van der Waals surface area contributed by atoms with Gasteiger partial charge in [0.15, 0.2) is 0 Å². The van der Waals surface area contributed by atoms with Crippen LogP contribution in [0.3, 0.4) is 0 Å². The topological polar surface area (TPSA) is 58.4 Å². The largest absolute Gasteiger partial charge is 0.478 e. The van der Waals surface area contributed by atoms with Gasteiger partial charge in [-0.15, -0.1) is 6.58 Å². The Labute approximate surface area is 113 Å². The first-order valence-electron chi connectivity index (χ1n) is 6.31. The maximum absolute atomic E-state index is 10.7. The van der Waals surface area contributed by atoms with Crippen LogP contribution in [0, 0.1) is 6.92 Å². The quantitative estimate of drug-likeness (QED) is 0.605. The van der Waals surface area contributed by atoms with E-state index in [-0.39, 0.29) is 0 Å². The monoisotopic (exact) mass is 263 g/mol. The molecule has 5 heteroatoms. The number of aryl methyl sites for hydroxylation is 2. The maximum atomic E-state index is 10.7. The molecule has 5 nitrogen and oxygen atoms in total. The predicted molar refractivity (Wildman–Crippen MR) is 77.3 cm³/mol. The van der Waals surface area contributed by atoms with E-state index in [2.05, 4.69) is 23.5 Å². The molecule has 0 aliphatic rings. The summed E-state index contributed by atoms with van der Waals surface area (Å²) in [4.78, 5) is 12.8. The van der Waals surface area contributed by atoms with E-state index in [9.17, 15) is 4.79 Å². The predicted octanol–water partition coefficient (Wildman–Crippen LogP) is 2.23. The Hall–Kier alpha value is -2.04. The van der Waals surface area contributed by atoms with E-state index in [4.69, 9.17) is 5.11 Å². The second-order valence-electron chi connectivity index (χ2n) is 4.35. The van der Waals surface area contributed by atoms with E-state index in [1.165, 1.54) is 0 Å². The van der Waals surface area contributed by atoms with Crippen LogP contribution in [-0.4, -0.2) is 33.9 Å². The number of hydrogen-bond donors (Lipinski definition) is 1. The van der Waals surface area contributed by atoms with Gasteiger partial charge in [-0.25, -0.2) is 4.79 Å².